The van der Waals surface area contributed by atoms with Crippen LogP contribution in [-0.4, -0.2) is 83.7 Å². The summed E-state index contributed by atoms with van der Waals surface area (Å²) >= 11 is 0. The molecule has 0 amide bonds. The van der Waals surface area contributed by atoms with Crippen molar-refractivity contribution in [1.29, 1.82) is 0 Å². The van der Waals surface area contributed by atoms with E-state index in [4.69, 9.17) is 0 Å². The molecule has 2 saturated heterocycles. The number of carboxylic acid groups (broad SMARTS) is 1. The molecule has 2 rings (SSSR count). The van der Waals surface area contributed by atoms with Gasteiger partial charge in [0.1, 0.15) is 6.04 Å². The van der Waals surface area contributed by atoms with Crippen LogP contribution in [0.15, 0.2) is 0 Å². The lowest BCUT2D eigenvalue weighted by Gasteiger charge is -2.38. The van der Waals surface area contributed by atoms with Crippen molar-refractivity contribution < 1.29 is 9.90 Å². The Hall–Kier alpha value is -0.650. The number of piperidine rings is 1. The minimum atomic E-state index is -0.628. The predicted octanol–water partition coefficient (Wildman–Crippen LogP) is 1.34. The van der Waals surface area contributed by atoms with Gasteiger partial charge in [-0.3, -0.25) is 9.69 Å². The summed E-state index contributed by atoms with van der Waals surface area (Å²) in [6.07, 6.45) is 4.13. The van der Waals surface area contributed by atoms with Crippen LogP contribution in [0.5, 0.6) is 0 Å². The first-order valence-electron chi connectivity index (χ1n) is 8.59. The van der Waals surface area contributed by atoms with Crippen LogP contribution in [0.4, 0.5) is 0 Å². The molecular formula is C16H31N3O2. The Kier molecular flexibility index (Phi) is 6.45. The Bertz CT molecular complexity index is 325. The number of carboxylic acids is 1. The van der Waals surface area contributed by atoms with Crippen LogP contribution in [0.3, 0.4) is 0 Å². The molecule has 122 valence electrons. The van der Waals surface area contributed by atoms with E-state index in [0.717, 1.165) is 71.5 Å². The fraction of sp³-hybridized carbons (Fsp3) is 0.938. The van der Waals surface area contributed by atoms with Crippen molar-refractivity contribution in [3.63, 3.8) is 0 Å². The number of likely N-dealkylation sites (N-methyl/N-ethyl adjacent to an activating group) is 1. The first-order chi connectivity index (χ1) is 10.2. The minimum Gasteiger partial charge on any atom is -0.480 e. The molecule has 0 spiro atoms. The molecule has 2 fully saturated rings. The van der Waals surface area contributed by atoms with Gasteiger partial charge >= 0.3 is 5.97 Å². The molecule has 1 N–H and O–H groups in total. The summed E-state index contributed by atoms with van der Waals surface area (Å²) in [5.41, 5.74) is 0. The Morgan fingerprint density at radius 2 is 1.81 bits per heavy atom. The van der Waals surface area contributed by atoms with Gasteiger partial charge in [-0.25, -0.2) is 0 Å². The van der Waals surface area contributed by atoms with Crippen LogP contribution in [-0.2, 0) is 4.79 Å². The highest BCUT2D eigenvalue weighted by molar-refractivity contribution is 5.73. The van der Waals surface area contributed by atoms with Gasteiger partial charge in [-0.1, -0.05) is 13.8 Å². The fourth-order valence-electron chi connectivity index (χ4n) is 3.79. The summed E-state index contributed by atoms with van der Waals surface area (Å²) in [6, 6.07) is 0.260. The van der Waals surface area contributed by atoms with Gasteiger partial charge in [0.05, 0.1) is 0 Å². The second kappa shape index (κ2) is 8.11. The van der Waals surface area contributed by atoms with Crippen molar-refractivity contribution in [3.05, 3.63) is 0 Å². The molecule has 5 nitrogen and oxygen atoms in total. The topological polar surface area (TPSA) is 47.0 Å². The van der Waals surface area contributed by atoms with E-state index in [1.807, 2.05) is 0 Å². The third kappa shape index (κ3) is 4.41. The second-order valence-electron chi connectivity index (χ2n) is 6.33. The summed E-state index contributed by atoms with van der Waals surface area (Å²) in [6.45, 7) is 12.2. The standard InChI is InChI=1S/C16H31N3O2/c1-3-17(4-2)12-13-18-10-7-14(8-11-18)19-9-5-6-15(19)16(20)21/h14-15H,3-13H2,1-2H3,(H,20,21). The van der Waals surface area contributed by atoms with E-state index in [0.29, 0.717) is 6.04 Å². The van der Waals surface area contributed by atoms with Crippen molar-refractivity contribution in [1.82, 2.24) is 14.7 Å². The van der Waals surface area contributed by atoms with Gasteiger partial charge < -0.3 is 14.9 Å². The zero-order valence-electron chi connectivity index (χ0n) is 13.6. The van der Waals surface area contributed by atoms with E-state index in [2.05, 4.69) is 28.5 Å². The highest BCUT2D eigenvalue weighted by Crippen LogP contribution is 2.26. The minimum absolute atomic E-state index is 0.225. The van der Waals surface area contributed by atoms with Gasteiger partial charge in [-0.2, -0.15) is 0 Å². The lowest BCUT2D eigenvalue weighted by Crippen LogP contribution is -2.49. The number of rotatable bonds is 7. The molecule has 2 aliphatic heterocycles. The molecule has 0 aromatic carbocycles. The average molecular weight is 297 g/mol. The Morgan fingerprint density at radius 1 is 1.14 bits per heavy atom. The third-order valence-electron chi connectivity index (χ3n) is 5.23. The Morgan fingerprint density at radius 3 is 2.38 bits per heavy atom. The summed E-state index contributed by atoms with van der Waals surface area (Å²) in [5, 5.41) is 9.31. The second-order valence-corrected chi connectivity index (χ2v) is 6.33. The summed E-state index contributed by atoms with van der Waals surface area (Å²) in [5.74, 6) is -0.628. The normalized spacial score (nSPS) is 25.8. The SMILES string of the molecule is CCN(CC)CCN1CCC(N2CCCC2C(=O)O)CC1. The molecule has 21 heavy (non-hydrogen) atoms. The summed E-state index contributed by atoms with van der Waals surface area (Å²) < 4.78 is 0. The van der Waals surface area contributed by atoms with E-state index in [-0.39, 0.29) is 6.04 Å². The van der Waals surface area contributed by atoms with Crippen LogP contribution in [0, 0.1) is 0 Å². The number of hydrogen-bond acceptors (Lipinski definition) is 4. The molecule has 1 atom stereocenters. The predicted molar refractivity (Wildman–Crippen MR) is 84.6 cm³/mol. The fourth-order valence-corrected chi connectivity index (χ4v) is 3.79. The average Bonchev–Trinajstić information content (AvgIpc) is 2.98. The zero-order valence-corrected chi connectivity index (χ0v) is 13.6. The molecule has 2 aliphatic rings. The molecule has 0 aromatic rings. The van der Waals surface area contributed by atoms with E-state index in [9.17, 15) is 9.90 Å². The van der Waals surface area contributed by atoms with Gasteiger partial charge in [-0.15, -0.1) is 0 Å². The molecular weight excluding hydrogens is 266 g/mol. The highest BCUT2D eigenvalue weighted by atomic mass is 16.4. The van der Waals surface area contributed by atoms with Crippen LogP contribution in [0.25, 0.3) is 0 Å². The molecule has 0 bridgehead atoms. The lowest BCUT2D eigenvalue weighted by atomic mass is 10.0. The number of nitrogens with zero attached hydrogens (tertiary/aromatic N) is 3. The third-order valence-corrected chi connectivity index (χ3v) is 5.23. The van der Waals surface area contributed by atoms with E-state index < -0.39 is 5.97 Å². The first-order valence-corrected chi connectivity index (χ1v) is 8.59. The van der Waals surface area contributed by atoms with Gasteiger partial charge in [0.15, 0.2) is 0 Å². The largest absolute Gasteiger partial charge is 0.480 e. The summed E-state index contributed by atoms with van der Waals surface area (Å²) in [7, 11) is 0. The van der Waals surface area contributed by atoms with Crippen molar-refractivity contribution >= 4 is 5.97 Å². The van der Waals surface area contributed by atoms with Gasteiger partial charge in [-0.05, 0) is 58.4 Å². The van der Waals surface area contributed by atoms with E-state index in [1.54, 1.807) is 0 Å². The van der Waals surface area contributed by atoms with E-state index >= 15 is 0 Å². The molecule has 1 unspecified atom stereocenters. The van der Waals surface area contributed by atoms with Crippen LogP contribution in [0.1, 0.15) is 39.5 Å². The smallest absolute Gasteiger partial charge is 0.320 e. The summed E-state index contributed by atoms with van der Waals surface area (Å²) in [4.78, 5) is 18.6. The van der Waals surface area contributed by atoms with Gasteiger partial charge in [0, 0.05) is 19.1 Å². The molecule has 5 heteroatoms. The van der Waals surface area contributed by atoms with Gasteiger partial charge in [0.2, 0.25) is 0 Å². The number of carbonyl (C=O) groups is 1. The molecule has 0 aromatic heterocycles. The zero-order chi connectivity index (χ0) is 15.2. The monoisotopic (exact) mass is 297 g/mol. The van der Waals surface area contributed by atoms with Gasteiger partial charge in [0.25, 0.3) is 0 Å². The molecule has 0 radical (unpaired) electrons. The van der Waals surface area contributed by atoms with Crippen LogP contribution < -0.4 is 0 Å². The van der Waals surface area contributed by atoms with E-state index in [1.165, 1.54) is 0 Å². The van der Waals surface area contributed by atoms with Crippen molar-refractivity contribution in [2.75, 3.05) is 45.8 Å². The Labute approximate surface area is 128 Å². The first kappa shape index (κ1) is 16.7. The lowest BCUT2D eigenvalue weighted by molar-refractivity contribution is -0.143. The quantitative estimate of drug-likeness (QED) is 0.768. The molecule has 0 saturated carbocycles. The number of hydrogen-bond donors (Lipinski definition) is 1. The number of likely N-dealkylation sites (tertiary alicyclic amines) is 2. The maximum Gasteiger partial charge on any atom is 0.320 e. The Balaban J connectivity index is 1.74. The van der Waals surface area contributed by atoms with Crippen LogP contribution in [0.2, 0.25) is 0 Å². The molecule has 0 aliphatic carbocycles. The highest BCUT2D eigenvalue weighted by Gasteiger charge is 2.36. The number of aliphatic carboxylic acids is 1. The van der Waals surface area contributed by atoms with Crippen molar-refractivity contribution in [3.8, 4) is 0 Å². The maximum atomic E-state index is 11.3. The van der Waals surface area contributed by atoms with Crippen LogP contribution >= 0.6 is 0 Å². The molecule has 2 heterocycles. The van der Waals surface area contributed by atoms with Crippen molar-refractivity contribution in [2.24, 2.45) is 0 Å². The maximum absolute atomic E-state index is 11.3. The van der Waals surface area contributed by atoms with Crippen molar-refractivity contribution in [2.45, 2.75) is 51.6 Å².